The molecule has 1 fully saturated rings. The zero-order chi connectivity index (χ0) is 17.9. The molecule has 9 heteroatoms. The van der Waals surface area contributed by atoms with Gasteiger partial charge in [-0.3, -0.25) is 4.68 Å². The molecule has 1 aliphatic heterocycles. The van der Waals surface area contributed by atoms with Crippen molar-refractivity contribution in [2.75, 3.05) is 13.1 Å². The van der Waals surface area contributed by atoms with Crippen LogP contribution < -0.4 is 10.5 Å². The average molecular weight is 365 g/mol. The monoisotopic (exact) mass is 365 g/mol. The van der Waals surface area contributed by atoms with Gasteiger partial charge in [0.15, 0.2) is 5.82 Å². The molecule has 0 radical (unpaired) electrons. The summed E-state index contributed by atoms with van der Waals surface area (Å²) < 4.78 is 34.5. The van der Waals surface area contributed by atoms with E-state index >= 15 is 0 Å². The van der Waals surface area contributed by atoms with Gasteiger partial charge in [0.05, 0.1) is 4.90 Å². The summed E-state index contributed by atoms with van der Waals surface area (Å²) in [5, 5.41) is 3.97. The van der Waals surface area contributed by atoms with E-state index in [-0.39, 0.29) is 17.5 Å². The summed E-state index contributed by atoms with van der Waals surface area (Å²) in [5.74, 6) is 1.27. The van der Waals surface area contributed by atoms with Crippen LogP contribution in [-0.4, -0.2) is 46.6 Å². The predicted octanol–water partition coefficient (Wildman–Crippen LogP) is 0.896. The normalized spacial score (nSPS) is 19.0. The molecule has 2 aromatic rings. The van der Waals surface area contributed by atoms with E-state index in [1.165, 1.54) is 10.6 Å². The van der Waals surface area contributed by atoms with Crippen LogP contribution in [0, 0.1) is 0 Å². The number of benzene rings is 1. The Morgan fingerprint density at radius 1 is 1.28 bits per heavy atom. The minimum Gasteiger partial charge on any atom is -0.486 e. The number of hydrogen-bond donors (Lipinski definition) is 1. The molecule has 1 unspecified atom stereocenters. The Labute approximate surface area is 147 Å². The molecule has 8 nitrogen and oxygen atoms in total. The van der Waals surface area contributed by atoms with E-state index < -0.39 is 10.0 Å². The van der Waals surface area contributed by atoms with Gasteiger partial charge in [0, 0.05) is 26.2 Å². The number of sulfonamides is 1. The van der Waals surface area contributed by atoms with E-state index in [1.54, 1.807) is 36.0 Å². The van der Waals surface area contributed by atoms with Crippen molar-refractivity contribution in [3.05, 3.63) is 36.4 Å². The molecular weight excluding hydrogens is 342 g/mol. The van der Waals surface area contributed by atoms with E-state index in [0.29, 0.717) is 24.7 Å². The Kier molecular flexibility index (Phi) is 5.36. The van der Waals surface area contributed by atoms with Crippen LogP contribution in [0.1, 0.15) is 25.1 Å². The van der Waals surface area contributed by atoms with Crippen molar-refractivity contribution in [2.24, 2.45) is 12.8 Å². The summed E-state index contributed by atoms with van der Waals surface area (Å²) in [5.41, 5.74) is 5.75. The summed E-state index contributed by atoms with van der Waals surface area (Å²) in [6.45, 7) is 1.14. The third-order valence-corrected chi connectivity index (χ3v) is 6.41. The highest BCUT2D eigenvalue weighted by molar-refractivity contribution is 7.89. The zero-order valence-electron chi connectivity index (χ0n) is 14.2. The van der Waals surface area contributed by atoms with Gasteiger partial charge in [-0.2, -0.15) is 9.40 Å². The lowest BCUT2D eigenvalue weighted by Crippen LogP contribution is -2.47. The van der Waals surface area contributed by atoms with Crippen LogP contribution in [0.2, 0.25) is 0 Å². The van der Waals surface area contributed by atoms with Crippen LogP contribution in [0.25, 0.3) is 0 Å². The lowest BCUT2D eigenvalue weighted by molar-refractivity contribution is 0.257. The Balaban J connectivity index is 1.71. The van der Waals surface area contributed by atoms with Crippen molar-refractivity contribution in [3.63, 3.8) is 0 Å². The van der Waals surface area contributed by atoms with Gasteiger partial charge in [-0.05, 0) is 37.1 Å². The second-order valence-corrected chi connectivity index (χ2v) is 7.95. The minimum absolute atomic E-state index is 0.120. The van der Waals surface area contributed by atoms with Crippen molar-refractivity contribution < 1.29 is 13.2 Å². The summed E-state index contributed by atoms with van der Waals surface area (Å²) in [6, 6.07) is 6.34. The number of nitrogens with zero attached hydrogens (tertiary/aromatic N) is 4. The predicted molar refractivity (Wildman–Crippen MR) is 92.4 cm³/mol. The van der Waals surface area contributed by atoms with Gasteiger partial charge in [-0.25, -0.2) is 13.4 Å². The number of rotatable bonds is 6. The Morgan fingerprint density at radius 2 is 2.04 bits per heavy atom. The molecular formula is C16H23N5O3S. The van der Waals surface area contributed by atoms with E-state index in [0.717, 1.165) is 19.3 Å². The molecule has 0 saturated carbocycles. The van der Waals surface area contributed by atoms with Crippen molar-refractivity contribution in [2.45, 2.75) is 36.8 Å². The van der Waals surface area contributed by atoms with Crippen molar-refractivity contribution in [1.29, 1.82) is 0 Å². The number of piperidine rings is 1. The molecule has 0 bridgehead atoms. The van der Waals surface area contributed by atoms with Crippen molar-refractivity contribution >= 4 is 10.0 Å². The molecule has 1 atom stereocenters. The van der Waals surface area contributed by atoms with Crippen LogP contribution in [0.4, 0.5) is 0 Å². The maximum absolute atomic E-state index is 12.9. The summed E-state index contributed by atoms with van der Waals surface area (Å²) in [7, 11) is -1.75. The molecule has 136 valence electrons. The van der Waals surface area contributed by atoms with Gasteiger partial charge in [0.25, 0.3) is 0 Å². The van der Waals surface area contributed by atoms with E-state index in [9.17, 15) is 8.42 Å². The topological polar surface area (TPSA) is 103 Å². The molecule has 1 aromatic heterocycles. The first-order valence-corrected chi connectivity index (χ1v) is 9.74. The Hall–Kier alpha value is -1.97. The highest BCUT2D eigenvalue weighted by Crippen LogP contribution is 2.26. The van der Waals surface area contributed by atoms with Gasteiger partial charge in [0.1, 0.15) is 18.7 Å². The van der Waals surface area contributed by atoms with E-state index in [1.807, 2.05) is 0 Å². The Bertz CT molecular complexity index is 803. The van der Waals surface area contributed by atoms with Crippen LogP contribution in [0.15, 0.2) is 35.5 Å². The average Bonchev–Trinajstić information content (AvgIpc) is 3.05. The standard InChI is InChI=1S/C16H23N5O3S/c1-20-16(18-12-19-20)11-24-14-5-7-15(8-6-14)25(22,23)21-9-3-2-4-13(21)10-17/h5-8,12-13H,2-4,9-11,17H2,1H3. The first-order valence-electron chi connectivity index (χ1n) is 8.30. The maximum Gasteiger partial charge on any atom is 0.243 e. The van der Waals surface area contributed by atoms with Crippen molar-refractivity contribution in [3.8, 4) is 5.75 Å². The fourth-order valence-corrected chi connectivity index (χ4v) is 4.67. The molecule has 0 spiro atoms. The second kappa shape index (κ2) is 7.51. The number of hydrogen-bond acceptors (Lipinski definition) is 6. The summed E-state index contributed by atoms with van der Waals surface area (Å²) >= 11 is 0. The molecule has 0 aliphatic carbocycles. The molecule has 25 heavy (non-hydrogen) atoms. The third-order valence-electron chi connectivity index (χ3n) is 4.45. The molecule has 1 saturated heterocycles. The van der Waals surface area contributed by atoms with E-state index in [4.69, 9.17) is 10.5 Å². The SMILES string of the molecule is Cn1ncnc1COc1ccc(S(=O)(=O)N2CCCCC2CN)cc1. The van der Waals surface area contributed by atoms with Crippen LogP contribution in [0.5, 0.6) is 5.75 Å². The highest BCUT2D eigenvalue weighted by atomic mass is 32.2. The van der Waals surface area contributed by atoms with Gasteiger partial charge in [-0.1, -0.05) is 6.42 Å². The quantitative estimate of drug-likeness (QED) is 0.816. The van der Waals surface area contributed by atoms with Gasteiger partial charge < -0.3 is 10.5 Å². The van der Waals surface area contributed by atoms with Gasteiger partial charge in [-0.15, -0.1) is 0 Å². The van der Waals surface area contributed by atoms with Crippen LogP contribution in [0.3, 0.4) is 0 Å². The molecule has 2 N–H and O–H groups in total. The first kappa shape index (κ1) is 17.8. The molecule has 1 aliphatic rings. The van der Waals surface area contributed by atoms with Crippen molar-refractivity contribution in [1.82, 2.24) is 19.1 Å². The van der Waals surface area contributed by atoms with Gasteiger partial charge >= 0.3 is 0 Å². The summed E-state index contributed by atoms with van der Waals surface area (Å²) in [6.07, 6.45) is 4.16. The lowest BCUT2D eigenvalue weighted by atomic mass is 10.1. The highest BCUT2D eigenvalue weighted by Gasteiger charge is 2.32. The van der Waals surface area contributed by atoms with Gasteiger partial charge in [0.2, 0.25) is 10.0 Å². The lowest BCUT2D eigenvalue weighted by Gasteiger charge is -2.33. The van der Waals surface area contributed by atoms with Crippen LogP contribution >= 0.6 is 0 Å². The first-order chi connectivity index (χ1) is 12.0. The van der Waals surface area contributed by atoms with E-state index in [2.05, 4.69) is 10.1 Å². The molecule has 3 rings (SSSR count). The second-order valence-electron chi connectivity index (χ2n) is 6.06. The smallest absolute Gasteiger partial charge is 0.243 e. The molecule has 2 heterocycles. The van der Waals surface area contributed by atoms with Crippen LogP contribution in [-0.2, 0) is 23.7 Å². The fraction of sp³-hybridized carbons (Fsp3) is 0.500. The zero-order valence-corrected chi connectivity index (χ0v) is 15.0. The fourth-order valence-electron chi connectivity index (χ4n) is 2.97. The third kappa shape index (κ3) is 3.83. The maximum atomic E-state index is 12.9. The number of aromatic nitrogens is 3. The molecule has 1 aromatic carbocycles. The minimum atomic E-state index is -3.53. The largest absolute Gasteiger partial charge is 0.486 e. The number of aryl methyl sites for hydroxylation is 1. The number of ether oxygens (including phenoxy) is 1. The summed E-state index contributed by atoms with van der Waals surface area (Å²) in [4.78, 5) is 4.34. The Morgan fingerprint density at radius 3 is 2.68 bits per heavy atom. The number of nitrogens with two attached hydrogens (primary N) is 1. The molecule has 0 amide bonds.